The van der Waals surface area contributed by atoms with E-state index in [1.165, 1.54) is 0 Å². The number of carbonyl (C=O) groups excluding carboxylic acids is 2. The zero-order valence-electron chi connectivity index (χ0n) is 20.0. The van der Waals surface area contributed by atoms with Crippen molar-refractivity contribution in [1.82, 2.24) is 15.5 Å². The minimum Gasteiger partial charge on any atom is -0.377 e. The van der Waals surface area contributed by atoms with Gasteiger partial charge < -0.3 is 30.5 Å². The lowest BCUT2D eigenvalue weighted by Gasteiger charge is -2.31. The number of hydrogen-bond acceptors (Lipinski definition) is 4. The van der Waals surface area contributed by atoms with Crippen molar-refractivity contribution in [2.45, 2.75) is 71.7 Å². The Hall–Kier alpha value is -2.48. The molecule has 8 nitrogen and oxygen atoms in total. The summed E-state index contributed by atoms with van der Waals surface area (Å²) < 4.78 is 5.80. The molecule has 1 aliphatic rings. The van der Waals surface area contributed by atoms with Crippen LogP contribution in [-0.4, -0.2) is 61.9 Å². The lowest BCUT2D eigenvalue weighted by Crippen LogP contribution is -2.50. The summed E-state index contributed by atoms with van der Waals surface area (Å²) >= 11 is 0. The highest BCUT2D eigenvalue weighted by molar-refractivity contribution is 5.90. The third-order valence-electron chi connectivity index (χ3n) is 4.82. The average molecular weight is 434 g/mol. The molecule has 3 N–H and O–H groups in total. The monoisotopic (exact) mass is 433 g/mol. The van der Waals surface area contributed by atoms with E-state index in [2.05, 4.69) is 16.0 Å². The Kier molecular flexibility index (Phi) is 8.56. The van der Waals surface area contributed by atoms with Crippen LogP contribution >= 0.6 is 0 Å². The van der Waals surface area contributed by atoms with Gasteiger partial charge in [0.25, 0.3) is 0 Å². The van der Waals surface area contributed by atoms with Gasteiger partial charge in [0.05, 0.1) is 6.10 Å². The largest absolute Gasteiger partial charge is 0.377 e. The molecular formula is C23H39N5O3. The Labute approximate surface area is 186 Å². The highest BCUT2D eigenvalue weighted by atomic mass is 16.5. The third kappa shape index (κ3) is 8.28. The lowest BCUT2D eigenvalue weighted by atomic mass is 10.1. The van der Waals surface area contributed by atoms with E-state index in [0.717, 1.165) is 30.7 Å². The molecule has 174 valence electrons. The molecule has 4 amide bonds. The van der Waals surface area contributed by atoms with Gasteiger partial charge in [-0.1, -0.05) is 0 Å². The third-order valence-corrected chi connectivity index (χ3v) is 4.82. The molecule has 1 heterocycles. The highest BCUT2D eigenvalue weighted by Gasteiger charge is 2.26. The molecule has 1 aliphatic heterocycles. The van der Waals surface area contributed by atoms with Crippen molar-refractivity contribution < 1.29 is 14.3 Å². The molecule has 1 atom stereocenters. The molecule has 0 aliphatic carbocycles. The molecule has 0 radical (unpaired) electrons. The van der Waals surface area contributed by atoms with E-state index < -0.39 is 0 Å². The van der Waals surface area contributed by atoms with Crippen LogP contribution in [0.3, 0.4) is 0 Å². The maximum Gasteiger partial charge on any atom is 0.319 e. The predicted molar refractivity (Wildman–Crippen MR) is 126 cm³/mol. The van der Waals surface area contributed by atoms with Gasteiger partial charge in [-0.25, -0.2) is 9.59 Å². The van der Waals surface area contributed by atoms with Gasteiger partial charge in [-0.2, -0.15) is 0 Å². The summed E-state index contributed by atoms with van der Waals surface area (Å²) in [6, 6.07) is 5.44. The molecule has 8 heteroatoms. The van der Waals surface area contributed by atoms with Crippen molar-refractivity contribution in [3.05, 3.63) is 23.8 Å². The molecular weight excluding hydrogens is 394 g/mol. The fourth-order valence-electron chi connectivity index (χ4n) is 3.51. The number of benzene rings is 1. The van der Waals surface area contributed by atoms with E-state index in [1.54, 1.807) is 0 Å². The van der Waals surface area contributed by atoms with Gasteiger partial charge in [0, 0.05) is 56.7 Å². The smallest absolute Gasteiger partial charge is 0.319 e. The first-order chi connectivity index (χ1) is 14.4. The first-order valence-electron chi connectivity index (χ1n) is 11.0. The van der Waals surface area contributed by atoms with Crippen molar-refractivity contribution in [3.63, 3.8) is 0 Å². The van der Waals surface area contributed by atoms with Crippen LogP contribution in [0, 0.1) is 0 Å². The number of nitrogens with zero attached hydrogens (tertiary/aromatic N) is 2. The van der Waals surface area contributed by atoms with E-state index in [1.807, 2.05) is 76.7 Å². The molecule has 1 aromatic rings. The Morgan fingerprint density at radius 3 is 2.48 bits per heavy atom. The molecule has 1 fully saturated rings. The summed E-state index contributed by atoms with van der Waals surface area (Å²) in [5.41, 5.74) is 2.30. The first kappa shape index (κ1) is 24.8. The summed E-state index contributed by atoms with van der Waals surface area (Å²) in [7, 11) is 3.94. The predicted octanol–water partition coefficient (Wildman–Crippen LogP) is 3.77. The lowest BCUT2D eigenvalue weighted by molar-refractivity contribution is 0.0782. The number of ether oxygens (including phenoxy) is 1. The fraction of sp³-hybridized carbons (Fsp3) is 0.652. The number of urea groups is 2. The summed E-state index contributed by atoms with van der Waals surface area (Å²) in [6.45, 7) is 11.4. The van der Waals surface area contributed by atoms with Crippen LogP contribution in [0.4, 0.5) is 21.0 Å². The van der Waals surface area contributed by atoms with Crippen molar-refractivity contribution >= 4 is 23.4 Å². The van der Waals surface area contributed by atoms with Crippen LogP contribution in [-0.2, 0) is 11.3 Å². The summed E-state index contributed by atoms with van der Waals surface area (Å²) in [5.74, 6) is 0. The van der Waals surface area contributed by atoms with Gasteiger partial charge in [0.1, 0.15) is 0 Å². The van der Waals surface area contributed by atoms with Crippen LogP contribution in [0.5, 0.6) is 0 Å². The number of carbonyl (C=O) groups is 2. The van der Waals surface area contributed by atoms with Gasteiger partial charge in [0.15, 0.2) is 0 Å². The van der Waals surface area contributed by atoms with Gasteiger partial charge in [-0.3, -0.25) is 0 Å². The zero-order chi connectivity index (χ0) is 23.2. The number of nitrogens with one attached hydrogen (secondary N) is 3. The second-order valence-electron chi connectivity index (χ2n) is 9.69. The van der Waals surface area contributed by atoms with Gasteiger partial charge >= 0.3 is 12.1 Å². The second kappa shape index (κ2) is 10.7. The summed E-state index contributed by atoms with van der Waals surface area (Å²) in [6.07, 6.45) is 2.02. The van der Waals surface area contributed by atoms with Crippen LogP contribution in [0.15, 0.2) is 18.2 Å². The Bertz CT molecular complexity index is 752. The van der Waals surface area contributed by atoms with E-state index in [0.29, 0.717) is 18.8 Å². The molecule has 1 saturated heterocycles. The highest BCUT2D eigenvalue weighted by Crippen LogP contribution is 2.26. The quantitative estimate of drug-likeness (QED) is 0.611. The van der Waals surface area contributed by atoms with Gasteiger partial charge in [-0.05, 0) is 71.2 Å². The van der Waals surface area contributed by atoms with E-state index >= 15 is 0 Å². The Morgan fingerprint density at radius 2 is 1.94 bits per heavy atom. The zero-order valence-corrected chi connectivity index (χ0v) is 20.0. The molecule has 0 spiro atoms. The maximum atomic E-state index is 13.1. The average Bonchev–Trinajstić information content (AvgIpc) is 3.12. The normalized spacial score (nSPS) is 16.2. The molecule has 0 unspecified atom stereocenters. The molecule has 2 rings (SSSR count). The number of anilines is 2. The summed E-state index contributed by atoms with van der Waals surface area (Å²) in [5, 5.41) is 8.78. The van der Waals surface area contributed by atoms with E-state index in [-0.39, 0.29) is 29.7 Å². The number of rotatable bonds is 7. The van der Waals surface area contributed by atoms with Crippen molar-refractivity contribution in [3.8, 4) is 0 Å². The number of amides is 4. The Morgan fingerprint density at radius 1 is 1.23 bits per heavy atom. The fourth-order valence-corrected chi connectivity index (χ4v) is 3.51. The molecule has 0 bridgehead atoms. The van der Waals surface area contributed by atoms with Crippen molar-refractivity contribution in [1.29, 1.82) is 0 Å². The molecule has 0 saturated carbocycles. The van der Waals surface area contributed by atoms with Crippen LogP contribution in [0.1, 0.15) is 53.0 Å². The maximum absolute atomic E-state index is 13.1. The van der Waals surface area contributed by atoms with E-state index in [9.17, 15) is 9.59 Å². The van der Waals surface area contributed by atoms with Crippen LogP contribution in [0.25, 0.3) is 0 Å². The Balaban J connectivity index is 2.27. The minimum atomic E-state index is -0.339. The first-order valence-corrected chi connectivity index (χ1v) is 11.0. The van der Waals surface area contributed by atoms with E-state index in [4.69, 9.17) is 4.74 Å². The second-order valence-corrected chi connectivity index (χ2v) is 9.69. The van der Waals surface area contributed by atoms with Gasteiger partial charge in [-0.15, -0.1) is 0 Å². The van der Waals surface area contributed by atoms with Crippen LogP contribution in [0.2, 0.25) is 0 Å². The van der Waals surface area contributed by atoms with Crippen molar-refractivity contribution in [2.24, 2.45) is 0 Å². The molecule has 31 heavy (non-hydrogen) atoms. The topological polar surface area (TPSA) is 85.9 Å². The summed E-state index contributed by atoms with van der Waals surface area (Å²) in [4.78, 5) is 29.0. The standard InChI is InChI=1S/C23H39N5O3/c1-16(2)24-21(29)25-18-10-11-20(27(6)7)17(13-18)14-28(15-19-9-8-12-31-19)22(30)26-23(3,4)5/h10-11,13,16,19H,8-9,12,14-15H2,1-7H3,(H,26,30)(H2,24,25,29)/t19-/m1/s1. The minimum absolute atomic E-state index is 0.0449. The van der Waals surface area contributed by atoms with Crippen LogP contribution < -0.4 is 20.9 Å². The van der Waals surface area contributed by atoms with Gasteiger partial charge in [0.2, 0.25) is 0 Å². The number of hydrogen-bond donors (Lipinski definition) is 3. The molecule has 1 aromatic carbocycles. The SMILES string of the molecule is CC(C)NC(=O)Nc1ccc(N(C)C)c(CN(C[C@H]2CCCO2)C(=O)NC(C)(C)C)c1. The molecule has 0 aromatic heterocycles. The van der Waals surface area contributed by atoms with Crippen molar-refractivity contribution in [2.75, 3.05) is 37.5 Å².